The number of nitrogens with zero attached hydrogens (tertiary/aromatic N) is 2. The first-order valence-electron chi connectivity index (χ1n) is 9.03. The van der Waals surface area contributed by atoms with Crippen LogP contribution >= 0.6 is 34.4 Å². The van der Waals surface area contributed by atoms with Crippen molar-refractivity contribution in [3.63, 3.8) is 0 Å². The normalized spacial score (nSPS) is 11.6. The van der Waals surface area contributed by atoms with Gasteiger partial charge in [-0.3, -0.25) is 4.79 Å². The Morgan fingerprint density at radius 2 is 1.77 bits per heavy atom. The molecule has 3 heterocycles. The monoisotopic (exact) mass is 448 g/mol. The van der Waals surface area contributed by atoms with Crippen LogP contribution in [0, 0.1) is 11.3 Å². The van der Waals surface area contributed by atoms with Gasteiger partial charge in [0.1, 0.15) is 16.3 Å². The number of carbonyl (C=O) groups is 1. The quantitative estimate of drug-likeness (QED) is 0.252. The molecule has 148 valence electrons. The number of thiophene rings is 2. The van der Waals surface area contributed by atoms with Crippen molar-refractivity contribution in [3.05, 3.63) is 82.6 Å². The number of esters is 1. The Bertz CT molecular complexity index is 1180. The minimum absolute atomic E-state index is 0.379. The van der Waals surface area contributed by atoms with Crippen LogP contribution < -0.4 is 0 Å². The number of hydrogen-bond donors (Lipinski definition) is 0. The summed E-state index contributed by atoms with van der Waals surface area (Å²) in [5, 5.41) is 13.9. The van der Waals surface area contributed by atoms with Crippen molar-refractivity contribution in [1.82, 2.24) is 4.98 Å². The Hall–Kier alpha value is -2.92. The molecule has 0 amide bonds. The van der Waals surface area contributed by atoms with E-state index in [9.17, 15) is 10.1 Å². The number of nitriles is 1. The molecule has 0 spiro atoms. The molecular weight excluding hydrogens is 432 g/mol. The summed E-state index contributed by atoms with van der Waals surface area (Å²) in [6, 6.07) is 21.6. The third-order valence-electron chi connectivity index (χ3n) is 4.41. The highest BCUT2D eigenvalue weighted by Crippen LogP contribution is 2.42. The first kappa shape index (κ1) is 20.4. The van der Waals surface area contributed by atoms with Crippen LogP contribution in [-0.4, -0.2) is 18.1 Å². The number of thioether (sulfide) groups is 1. The number of benzene rings is 1. The number of ether oxygens (including phenoxy) is 1. The summed E-state index contributed by atoms with van der Waals surface area (Å²) in [5.41, 5.74) is 2.88. The summed E-state index contributed by atoms with van der Waals surface area (Å²) in [6.45, 7) is 0. The van der Waals surface area contributed by atoms with E-state index in [0.717, 1.165) is 26.6 Å². The standard InChI is InChI=1S/C23H16N2O2S3/c1-27-23(26)21(15-7-3-2-4-8-15)30-22-17(14-24)16(19-9-5-11-28-19)13-18(25-22)20-10-6-12-29-20/h2-13,21H,1H3. The van der Waals surface area contributed by atoms with Gasteiger partial charge >= 0.3 is 5.97 Å². The maximum absolute atomic E-state index is 12.6. The number of aromatic nitrogens is 1. The fraction of sp³-hybridized carbons (Fsp3) is 0.0870. The average Bonchev–Trinajstić information content (AvgIpc) is 3.51. The molecule has 0 aliphatic heterocycles. The Labute approximate surface area is 186 Å². The molecule has 4 nitrogen and oxygen atoms in total. The number of methoxy groups -OCH3 is 1. The van der Waals surface area contributed by atoms with Crippen molar-refractivity contribution in [3.8, 4) is 27.1 Å². The van der Waals surface area contributed by atoms with E-state index in [1.165, 1.54) is 18.9 Å². The van der Waals surface area contributed by atoms with E-state index in [1.54, 1.807) is 22.7 Å². The molecule has 0 N–H and O–H groups in total. The smallest absolute Gasteiger partial charge is 0.323 e. The molecule has 4 rings (SSSR count). The number of pyridine rings is 1. The van der Waals surface area contributed by atoms with Crippen LogP contribution in [0.2, 0.25) is 0 Å². The van der Waals surface area contributed by atoms with E-state index in [0.29, 0.717) is 10.6 Å². The van der Waals surface area contributed by atoms with Gasteiger partial charge in [-0.15, -0.1) is 22.7 Å². The second-order valence-electron chi connectivity index (χ2n) is 6.23. The molecule has 1 atom stereocenters. The summed E-state index contributed by atoms with van der Waals surface area (Å²) in [5.74, 6) is -0.379. The van der Waals surface area contributed by atoms with Gasteiger partial charge in [-0.25, -0.2) is 4.98 Å². The van der Waals surface area contributed by atoms with Crippen molar-refractivity contribution in [2.45, 2.75) is 10.3 Å². The molecule has 0 saturated carbocycles. The number of rotatable bonds is 6. The largest absolute Gasteiger partial charge is 0.468 e. The molecule has 0 aliphatic rings. The van der Waals surface area contributed by atoms with Crippen molar-refractivity contribution in [2.24, 2.45) is 0 Å². The van der Waals surface area contributed by atoms with E-state index in [1.807, 2.05) is 71.4 Å². The van der Waals surface area contributed by atoms with Crippen LogP contribution in [0.15, 0.2) is 76.4 Å². The predicted octanol–water partition coefficient (Wildman–Crippen LogP) is 6.42. The van der Waals surface area contributed by atoms with Gasteiger partial charge in [-0.05, 0) is 34.5 Å². The number of hydrogen-bond acceptors (Lipinski definition) is 7. The molecule has 0 aliphatic carbocycles. The summed E-state index contributed by atoms with van der Waals surface area (Å²) in [4.78, 5) is 19.4. The van der Waals surface area contributed by atoms with Crippen molar-refractivity contribution in [1.29, 1.82) is 5.26 Å². The highest BCUT2D eigenvalue weighted by Gasteiger charge is 2.26. The van der Waals surface area contributed by atoms with E-state index in [4.69, 9.17) is 9.72 Å². The van der Waals surface area contributed by atoms with Crippen LogP contribution in [0.25, 0.3) is 21.0 Å². The van der Waals surface area contributed by atoms with Crippen LogP contribution in [-0.2, 0) is 9.53 Å². The van der Waals surface area contributed by atoms with Gasteiger partial charge in [-0.1, -0.05) is 54.2 Å². The minimum Gasteiger partial charge on any atom is -0.468 e. The number of carbonyl (C=O) groups excluding carboxylic acids is 1. The van der Waals surface area contributed by atoms with E-state index < -0.39 is 5.25 Å². The fourth-order valence-corrected chi connectivity index (χ4v) is 5.56. The van der Waals surface area contributed by atoms with E-state index >= 15 is 0 Å². The minimum atomic E-state index is -0.620. The highest BCUT2D eigenvalue weighted by molar-refractivity contribution is 8.00. The van der Waals surface area contributed by atoms with Crippen LogP contribution in [0.1, 0.15) is 16.4 Å². The average molecular weight is 449 g/mol. The SMILES string of the molecule is COC(=O)C(Sc1nc(-c2cccs2)cc(-c2cccs2)c1C#N)c1ccccc1. The van der Waals surface area contributed by atoms with Crippen molar-refractivity contribution >= 4 is 40.4 Å². The van der Waals surface area contributed by atoms with Crippen LogP contribution in [0.3, 0.4) is 0 Å². The molecule has 0 fully saturated rings. The van der Waals surface area contributed by atoms with Crippen molar-refractivity contribution in [2.75, 3.05) is 7.11 Å². The molecule has 4 aromatic rings. The van der Waals surface area contributed by atoms with Gasteiger partial charge < -0.3 is 4.74 Å². The zero-order valence-electron chi connectivity index (χ0n) is 15.9. The molecule has 7 heteroatoms. The summed E-state index contributed by atoms with van der Waals surface area (Å²) in [6.07, 6.45) is 0. The first-order chi connectivity index (χ1) is 14.7. The zero-order chi connectivity index (χ0) is 20.9. The molecule has 1 unspecified atom stereocenters. The first-order valence-corrected chi connectivity index (χ1v) is 11.7. The Morgan fingerprint density at radius 3 is 2.37 bits per heavy atom. The maximum Gasteiger partial charge on any atom is 0.323 e. The van der Waals surface area contributed by atoms with Gasteiger partial charge in [0.25, 0.3) is 0 Å². The topological polar surface area (TPSA) is 63.0 Å². The molecule has 3 aromatic heterocycles. The Morgan fingerprint density at radius 1 is 1.07 bits per heavy atom. The van der Waals surface area contributed by atoms with E-state index in [-0.39, 0.29) is 5.97 Å². The second kappa shape index (κ2) is 9.26. The lowest BCUT2D eigenvalue weighted by Gasteiger charge is -2.17. The third kappa shape index (κ3) is 4.17. The van der Waals surface area contributed by atoms with E-state index in [2.05, 4.69) is 6.07 Å². The van der Waals surface area contributed by atoms with Crippen LogP contribution in [0.5, 0.6) is 0 Å². The summed E-state index contributed by atoms with van der Waals surface area (Å²) in [7, 11) is 1.37. The van der Waals surface area contributed by atoms with Crippen LogP contribution in [0.4, 0.5) is 0 Å². The van der Waals surface area contributed by atoms with Gasteiger partial charge in [-0.2, -0.15) is 5.26 Å². The van der Waals surface area contributed by atoms with Gasteiger partial charge in [0, 0.05) is 10.4 Å². The van der Waals surface area contributed by atoms with Gasteiger partial charge in [0.15, 0.2) is 0 Å². The summed E-state index contributed by atoms with van der Waals surface area (Å²) >= 11 is 4.41. The molecule has 0 saturated heterocycles. The van der Waals surface area contributed by atoms with Crippen molar-refractivity contribution < 1.29 is 9.53 Å². The lowest BCUT2D eigenvalue weighted by molar-refractivity contribution is -0.140. The summed E-state index contributed by atoms with van der Waals surface area (Å²) < 4.78 is 5.05. The van der Waals surface area contributed by atoms with Gasteiger partial charge in [0.2, 0.25) is 0 Å². The maximum atomic E-state index is 12.6. The Kier molecular flexibility index (Phi) is 6.29. The Balaban J connectivity index is 1.87. The lowest BCUT2D eigenvalue weighted by Crippen LogP contribution is -2.12. The predicted molar refractivity (Wildman–Crippen MR) is 123 cm³/mol. The third-order valence-corrected chi connectivity index (χ3v) is 7.42. The molecule has 30 heavy (non-hydrogen) atoms. The lowest BCUT2D eigenvalue weighted by atomic mass is 10.1. The molecular formula is C23H16N2O2S3. The fourth-order valence-electron chi connectivity index (χ4n) is 2.99. The molecule has 1 aromatic carbocycles. The molecule has 0 radical (unpaired) electrons. The highest BCUT2D eigenvalue weighted by atomic mass is 32.2. The second-order valence-corrected chi connectivity index (χ2v) is 9.22. The zero-order valence-corrected chi connectivity index (χ0v) is 18.4. The molecule has 0 bridgehead atoms. The van der Waals surface area contributed by atoms with Gasteiger partial charge in [0.05, 0.1) is 23.2 Å².